The summed E-state index contributed by atoms with van der Waals surface area (Å²) in [6.45, 7) is 10.8. The summed E-state index contributed by atoms with van der Waals surface area (Å²) in [6.07, 6.45) is -2.29. The highest BCUT2D eigenvalue weighted by atomic mass is 19.4. The normalized spacial score (nSPS) is 17.4. The fourth-order valence-electron chi connectivity index (χ4n) is 6.84. The standard InChI is InChI=1S/C41H52N8O6.C2HF3O2/c1-41(2,3)55-40(52)42-27-29-9-13-32(14-10-29)38(50)44-36(39(51)43-34-17-15-31(16-18-34)37-45-47-48-46-37)25-28-7-11-30(12-8-28)33-5-4-6-35(26-33)54-24-21-49-19-22-53-23-20-49;3-2(4,5)1(6)7/h4-8,11-12,15-18,26,29,32,36H,9-10,13-14,19-25,27H2,1-3H3,(H,42,52)(H,43,51)(H,44,50)(H,45,46,47,48);(H,6,7)/t29?,32?,36-;/m0./s1. The van der Waals surface area contributed by atoms with Crippen molar-refractivity contribution in [3.8, 4) is 28.3 Å². The number of amides is 3. The second-order valence-electron chi connectivity index (χ2n) is 16.0. The summed E-state index contributed by atoms with van der Waals surface area (Å²) in [5, 5.41) is 30.1. The van der Waals surface area contributed by atoms with Crippen LogP contribution in [0.15, 0.2) is 72.8 Å². The summed E-state index contributed by atoms with van der Waals surface area (Å²) in [5.74, 6) is -1.93. The zero-order valence-electron chi connectivity index (χ0n) is 34.9. The predicted octanol–water partition coefficient (Wildman–Crippen LogP) is 5.88. The Morgan fingerprint density at radius 3 is 2.19 bits per heavy atom. The van der Waals surface area contributed by atoms with Gasteiger partial charge in [-0.25, -0.2) is 9.59 Å². The summed E-state index contributed by atoms with van der Waals surface area (Å²) in [6, 6.07) is 22.4. The Morgan fingerprint density at radius 2 is 1.58 bits per heavy atom. The third-order valence-corrected chi connectivity index (χ3v) is 10.1. The number of hydrogen-bond acceptors (Lipinski definition) is 11. The number of aliphatic carboxylic acids is 1. The van der Waals surface area contributed by atoms with Crippen molar-refractivity contribution in [3.05, 3.63) is 78.4 Å². The van der Waals surface area contributed by atoms with Gasteiger partial charge >= 0.3 is 18.2 Å². The van der Waals surface area contributed by atoms with Crippen LogP contribution in [0.4, 0.5) is 23.7 Å². The molecule has 1 aliphatic carbocycles. The van der Waals surface area contributed by atoms with E-state index in [4.69, 9.17) is 24.1 Å². The van der Waals surface area contributed by atoms with Crippen LogP contribution < -0.4 is 20.7 Å². The Bertz CT molecular complexity index is 2050. The maximum absolute atomic E-state index is 13.8. The number of aromatic nitrogens is 4. The fraction of sp³-hybridized carbons (Fsp3) is 0.465. The van der Waals surface area contributed by atoms with Crippen LogP contribution in [0.5, 0.6) is 5.75 Å². The van der Waals surface area contributed by atoms with E-state index >= 15 is 0 Å². The molecule has 0 spiro atoms. The predicted molar refractivity (Wildman–Crippen MR) is 222 cm³/mol. The highest BCUT2D eigenvalue weighted by Gasteiger charge is 2.38. The summed E-state index contributed by atoms with van der Waals surface area (Å²) in [4.78, 5) is 50.9. The SMILES string of the molecule is CC(C)(C)OC(=O)NCC1CCC(C(=O)N[C@@H](Cc2ccc(-c3cccc(OCCN4CCOCC4)c3)cc2)C(=O)Nc2ccc(-c3nn[nH]n3)cc2)CC1.O=C(O)C(F)(F)F. The van der Waals surface area contributed by atoms with Gasteiger partial charge in [0, 0.05) is 49.8 Å². The molecular formula is C43H53F3N8O8. The van der Waals surface area contributed by atoms with Crippen molar-refractivity contribution >= 4 is 29.6 Å². The minimum absolute atomic E-state index is 0.145. The lowest BCUT2D eigenvalue weighted by atomic mass is 9.81. The fourth-order valence-corrected chi connectivity index (χ4v) is 6.84. The first-order valence-corrected chi connectivity index (χ1v) is 20.4. The van der Waals surface area contributed by atoms with Gasteiger partial charge < -0.3 is 35.3 Å². The van der Waals surface area contributed by atoms with Gasteiger partial charge in [-0.05, 0) is 111 Å². The number of carboxylic acids is 1. The molecule has 2 fully saturated rings. The first kappa shape index (κ1) is 47.0. The van der Waals surface area contributed by atoms with Gasteiger partial charge in [0.1, 0.15) is 24.0 Å². The smallest absolute Gasteiger partial charge is 0.490 e. The van der Waals surface area contributed by atoms with Gasteiger partial charge in [-0.1, -0.05) is 36.4 Å². The molecule has 62 heavy (non-hydrogen) atoms. The number of alkyl halides is 3. The third kappa shape index (κ3) is 15.4. The number of halogens is 3. The molecule has 16 nitrogen and oxygen atoms in total. The number of nitrogens with one attached hydrogen (secondary N) is 4. The molecule has 5 N–H and O–H groups in total. The second-order valence-corrected chi connectivity index (χ2v) is 16.0. The Kier molecular flexibility index (Phi) is 16.8. The molecule has 3 amide bonds. The van der Waals surface area contributed by atoms with Gasteiger partial charge in [-0.15, -0.1) is 10.2 Å². The van der Waals surface area contributed by atoms with E-state index in [0.717, 1.165) is 73.7 Å². The zero-order chi connectivity index (χ0) is 44.7. The van der Waals surface area contributed by atoms with Gasteiger partial charge in [0.25, 0.3) is 0 Å². The lowest BCUT2D eigenvalue weighted by molar-refractivity contribution is -0.192. The molecule has 1 aliphatic heterocycles. The molecule has 1 aromatic heterocycles. The Balaban J connectivity index is 0.000000955. The number of H-pyrrole nitrogens is 1. The van der Waals surface area contributed by atoms with E-state index < -0.39 is 29.9 Å². The molecule has 1 saturated heterocycles. The number of anilines is 1. The first-order chi connectivity index (χ1) is 29.5. The number of aromatic amines is 1. The maximum Gasteiger partial charge on any atom is 0.490 e. The van der Waals surface area contributed by atoms with Crippen LogP contribution in [0.1, 0.15) is 52.0 Å². The molecule has 1 saturated carbocycles. The number of carbonyl (C=O) groups is 4. The van der Waals surface area contributed by atoms with E-state index in [1.807, 2.05) is 69.3 Å². The van der Waals surface area contributed by atoms with Crippen molar-refractivity contribution in [3.63, 3.8) is 0 Å². The van der Waals surface area contributed by atoms with Crippen LogP contribution in [0.3, 0.4) is 0 Å². The Hall–Kier alpha value is -6.08. The summed E-state index contributed by atoms with van der Waals surface area (Å²) < 4.78 is 48.6. The van der Waals surface area contributed by atoms with E-state index in [9.17, 15) is 27.6 Å². The summed E-state index contributed by atoms with van der Waals surface area (Å²) in [5.41, 5.74) is 3.72. The average molecular weight is 867 g/mol. The molecule has 4 aromatic rings. The van der Waals surface area contributed by atoms with E-state index in [-0.39, 0.29) is 23.7 Å². The number of rotatable bonds is 14. The van der Waals surface area contributed by atoms with Gasteiger partial charge in [0.2, 0.25) is 17.6 Å². The quantitative estimate of drug-likeness (QED) is 0.101. The van der Waals surface area contributed by atoms with Crippen LogP contribution in [0.25, 0.3) is 22.5 Å². The number of ether oxygens (including phenoxy) is 3. The number of tetrazole rings is 1. The number of morpholine rings is 1. The third-order valence-electron chi connectivity index (χ3n) is 10.1. The van der Waals surface area contributed by atoms with Crippen molar-refractivity contribution in [2.24, 2.45) is 11.8 Å². The van der Waals surface area contributed by atoms with Crippen LogP contribution in [0.2, 0.25) is 0 Å². The number of benzene rings is 3. The second kappa shape index (κ2) is 22.1. The average Bonchev–Trinajstić information content (AvgIpc) is 3.79. The minimum Gasteiger partial charge on any atom is -0.492 e. The topological polar surface area (TPSA) is 210 Å². The minimum atomic E-state index is -5.08. The molecule has 2 heterocycles. The van der Waals surface area contributed by atoms with Gasteiger partial charge in [0.05, 0.1) is 13.2 Å². The van der Waals surface area contributed by atoms with E-state index in [2.05, 4.69) is 41.5 Å². The highest BCUT2D eigenvalue weighted by molar-refractivity contribution is 5.97. The largest absolute Gasteiger partial charge is 0.492 e. The maximum atomic E-state index is 13.8. The Morgan fingerprint density at radius 1 is 0.919 bits per heavy atom. The number of nitrogens with zero attached hydrogens (tertiary/aromatic N) is 4. The van der Waals surface area contributed by atoms with Crippen molar-refractivity contribution in [2.45, 2.75) is 70.7 Å². The molecular weight excluding hydrogens is 814 g/mol. The molecule has 19 heteroatoms. The molecule has 3 aromatic carbocycles. The molecule has 2 aliphatic rings. The molecule has 1 atom stereocenters. The van der Waals surface area contributed by atoms with Gasteiger partial charge in [-0.3, -0.25) is 14.5 Å². The molecule has 0 bridgehead atoms. The van der Waals surface area contributed by atoms with Gasteiger partial charge in [0.15, 0.2) is 0 Å². The highest BCUT2D eigenvalue weighted by Crippen LogP contribution is 2.29. The van der Waals surface area contributed by atoms with Gasteiger partial charge in [-0.2, -0.15) is 18.4 Å². The summed E-state index contributed by atoms with van der Waals surface area (Å²) in [7, 11) is 0. The van der Waals surface area contributed by atoms with Crippen LogP contribution in [-0.4, -0.2) is 118 Å². The van der Waals surface area contributed by atoms with E-state index in [1.165, 1.54) is 0 Å². The van der Waals surface area contributed by atoms with Crippen LogP contribution in [-0.2, 0) is 30.3 Å². The van der Waals surface area contributed by atoms with Crippen molar-refractivity contribution in [1.29, 1.82) is 0 Å². The Labute approximate surface area is 357 Å². The number of carboxylic acid groups (broad SMARTS) is 1. The van der Waals surface area contributed by atoms with E-state index in [1.54, 1.807) is 24.3 Å². The first-order valence-electron chi connectivity index (χ1n) is 20.4. The number of alkyl carbamates (subject to hydrolysis) is 1. The number of carbonyl (C=O) groups excluding carboxylic acids is 3. The van der Waals surface area contributed by atoms with Crippen molar-refractivity contribution < 1.29 is 51.7 Å². The van der Waals surface area contributed by atoms with Crippen molar-refractivity contribution in [1.82, 2.24) is 36.2 Å². The zero-order valence-corrected chi connectivity index (χ0v) is 34.9. The molecule has 0 radical (unpaired) electrons. The molecule has 334 valence electrons. The van der Waals surface area contributed by atoms with E-state index in [0.29, 0.717) is 43.9 Å². The summed E-state index contributed by atoms with van der Waals surface area (Å²) >= 11 is 0. The monoisotopic (exact) mass is 866 g/mol. The lowest BCUT2D eigenvalue weighted by Crippen LogP contribution is -2.48. The molecule has 6 rings (SSSR count). The van der Waals surface area contributed by atoms with Crippen LogP contribution in [0, 0.1) is 11.8 Å². The molecule has 0 unspecified atom stereocenters. The number of hydrogen-bond donors (Lipinski definition) is 5. The lowest BCUT2D eigenvalue weighted by Gasteiger charge is -2.29. The van der Waals surface area contributed by atoms with Crippen LogP contribution >= 0.6 is 0 Å². The van der Waals surface area contributed by atoms with Crippen molar-refractivity contribution in [2.75, 3.05) is 51.3 Å².